The first-order valence-electron chi connectivity index (χ1n) is 6.08. The maximum Gasteiger partial charge on any atom is 0.0750 e. The van der Waals surface area contributed by atoms with Gasteiger partial charge in [0.15, 0.2) is 0 Å². The normalized spacial score (nSPS) is 11.7. The summed E-state index contributed by atoms with van der Waals surface area (Å²) >= 11 is 0. The summed E-state index contributed by atoms with van der Waals surface area (Å²) in [7, 11) is 0. The van der Waals surface area contributed by atoms with Crippen LogP contribution in [0.3, 0.4) is 0 Å². The van der Waals surface area contributed by atoms with E-state index in [-0.39, 0.29) is 5.60 Å². The first kappa shape index (κ1) is 14.7. The third-order valence-corrected chi connectivity index (χ3v) is 2.35. The first-order valence-corrected chi connectivity index (χ1v) is 6.08. The summed E-state index contributed by atoms with van der Waals surface area (Å²) in [5, 5.41) is 3.44. The third-order valence-electron chi connectivity index (χ3n) is 2.35. The molecule has 0 rings (SSSR count). The zero-order valence-electron chi connectivity index (χ0n) is 10.6. The maximum absolute atomic E-state index is 5.60. The molecule has 0 bridgehead atoms. The van der Waals surface area contributed by atoms with E-state index >= 15 is 0 Å². The molecular formula is C13H27NO. The minimum absolute atomic E-state index is 0.0319. The van der Waals surface area contributed by atoms with Gasteiger partial charge in [0.25, 0.3) is 0 Å². The second-order valence-electron chi connectivity index (χ2n) is 4.51. The van der Waals surface area contributed by atoms with Gasteiger partial charge < -0.3 is 10.1 Å². The first-order chi connectivity index (χ1) is 7.12. The van der Waals surface area contributed by atoms with Crippen LogP contribution in [-0.4, -0.2) is 25.3 Å². The number of hydrogen-bond donors (Lipinski definition) is 1. The molecule has 0 aromatic rings. The summed E-state index contributed by atoms with van der Waals surface area (Å²) in [4.78, 5) is 0. The van der Waals surface area contributed by atoms with Crippen LogP contribution in [0, 0.1) is 0 Å². The quantitative estimate of drug-likeness (QED) is 0.444. The Hall–Kier alpha value is -0.340. The van der Waals surface area contributed by atoms with Crippen LogP contribution >= 0.6 is 0 Å². The van der Waals surface area contributed by atoms with Gasteiger partial charge in [-0.05, 0) is 46.6 Å². The number of unbranched alkanes of at least 4 members (excludes halogenated alkanes) is 3. The molecule has 0 fully saturated rings. The summed E-state index contributed by atoms with van der Waals surface area (Å²) in [6, 6.07) is 0. The summed E-state index contributed by atoms with van der Waals surface area (Å²) in [5.74, 6) is 0. The highest BCUT2D eigenvalue weighted by molar-refractivity contribution is 4.71. The molecule has 0 aliphatic heterocycles. The predicted octanol–water partition coefficient (Wildman–Crippen LogP) is 3.14. The lowest BCUT2D eigenvalue weighted by Crippen LogP contribution is -2.38. The van der Waals surface area contributed by atoms with Crippen molar-refractivity contribution in [3.8, 4) is 0 Å². The van der Waals surface area contributed by atoms with E-state index in [0.29, 0.717) is 0 Å². The topological polar surface area (TPSA) is 21.3 Å². The molecule has 0 aliphatic carbocycles. The molecule has 2 heteroatoms. The second kappa shape index (κ2) is 8.93. The van der Waals surface area contributed by atoms with Crippen molar-refractivity contribution in [3.63, 3.8) is 0 Å². The number of nitrogens with one attached hydrogen (secondary N) is 1. The van der Waals surface area contributed by atoms with E-state index in [1.807, 2.05) is 13.0 Å². The van der Waals surface area contributed by atoms with Crippen LogP contribution in [0.1, 0.15) is 46.5 Å². The Morgan fingerprint density at radius 1 is 1.27 bits per heavy atom. The van der Waals surface area contributed by atoms with Gasteiger partial charge in [0.1, 0.15) is 0 Å². The lowest BCUT2D eigenvalue weighted by atomic mass is 10.1. The Bertz CT molecular complexity index is 155. The van der Waals surface area contributed by atoms with Crippen LogP contribution in [0.5, 0.6) is 0 Å². The van der Waals surface area contributed by atoms with Gasteiger partial charge in [-0.3, -0.25) is 0 Å². The van der Waals surface area contributed by atoms with E-state index in [4.69, 9.17) is 4.74 Å². The van der Waals surface area contributed by atoms with Crippen molar-refractivity contribution in [2.24, 2.45) is 0 Å². The van der Waals surface area contributed by atoms with Crippen LogP contribution in [-0.2, 0) is 4.74 Å². The Labute approximate surface area is 95.1 Å². The number of allylic oxidation sites excluding steroid dienone is 1. The van der Waals surface area contributed by atoms with Crippen molar-refractivity contribution in [2.75, 3.05) is 19.7 Å². The molecule has 0 heterocycles. The van der Waals surface area contributed by atoms with E-state index < -0.39 is 0 Å². The van der Waals surface area contributed by atoms with Gasteiger partial charge in [-0.15, -0.1) is 6.58 Å². The molecule has 0 saturated carbocycles. The third kappa shape index (κ3) is 9.95. The largest absolute Gasteiger partial charge is 0.375 e. The minimum Gasteiger partial charge on any atom is -0.375 e. The van der Waals surface area contributed by atoms with Gasteiger partial charge in [-0.1, -0.05) is 12.5 Å². The second-order valence-corrected chi connectivity index (χ2v) is 4.51. The van der Waals surface area contributed by atoms with Gasteiger partial charge >= 0.3 is 0 Å². The lowest BCUT2D eigenvalue weighted by Gasteiger charge is -2.25. The van der Waals surface area contributed by atoms with Crippen LogP contribution in [0.25, 0.3) is 0 Å². The van der Waals surface area contributed by atoms with E-state index in [9.17, 15) is 0 Å². The lowest BCUT2D eigenvalue weighted by molar-refractivity contribution is -0.00867. The van der Waals surface area contributed by atoms with Crippen molar-refractivity contribution in [1.82, 2.24) is 5.32 Å². The molecule has 2 nitrogen and oxygen atoms in total. The SMILES string of the molecule is C=CCCCCCNCC(C)(C)OCC. The highest BCUT2D eigenvalue weighted by Crippen LogP contribution is 2.06. The van der Waals surface area contributed by atoms with Crippen LogP contribution in [0.15, 0.2) is 12.7 Å². The van der Waals surface area contributed by atoms with E-state index in [1.165, 1.54) is 19.3 Å². The van der Waals surface area contributed by atoms with E-state index in [2.05, 4.69) is 25.7 Å². The fraction of sp³-hybridized carbons (Fsp3) is 0.846. The molecule has 15 heavy (non-hydrogen) atoms. The molecule has 1 N–H and O–H groups in total. The summed E-state index contributed by atoms with van der Waals surface area (Å²) in [5.41, 5.74) is -0.0319. The molecular weight excluding hydrogens is 186 g/mol. The molecule has 90 valence electrons. The van der Waals surface area contributed by atoms with Crippen LogP contribution < -0.4 is 5.32 Å². The highest BCUT2D eigenvalue weighted by atomic mass is 16.5. The molecule has 0 aromatic heterocycles. The zero-order chi connectivity index (χ0) is 11.6. The molecule has 0 atom stereocenters. The fourth-order valence-electron chi connectivity index (χ4n) is 1.55. The Morgan fingerprint density at radius 2 is 2.00 bits per heavy atom. The molecule has 0 radical (unpaired) electrons. The zero-order valence-corrected chi connectivity index (χ0v) is 10.6. The average Bonchev–Trinajstić information content (AvgIpc) is 2.16. The van der Waals surface area contributed by atoms with Gasteiger partial charge in [0.2, 0.25) is 0 Å². The van der Waals surface area contributed by atoms with Gasteiger partial charge in [-0.2, -0.15) is 0 Å². The van der Waals surface area contributed by atoms with Gasteiger partial charge in [-0.25, -0.2) is 0 Å². The Balaban J connectivity index is 3.26. The monoisotopic (exact) mass is 213 g/mol. The van der Waals surface area contributed by atoms with Gasteiger partial charge in [0, 0.05) is 13.2 Å². The van der Waals surface area contributed by atoms with E-state index in [0.717, 1.165) is 26.1 Å². The molecule has 0 spiro atoms. The highest BCUT2D eigenvalue weighted by Gasteiger charge is 2.15. The Morgan fingerprint density at radius 3 is 2.60 bits per heavy atom. The number of hydrogen-bond acceptors (Lipinski definition) is 2. The summed E-state index contributed by atoms with van der Waals surface area (Å²) < 4.78 is 5.60. The summed E-state index contributed by atoms with van der Waals surface area (Å²) in [6.07, 6.45) is 6.93. The van der Waals surface area contributed by atoms with Crippen molar-refractivity contribution in [3.05, 3.63) is 12.7 Å². The predicted molar refractivity (Wildman–Crippen MR) is 67.2 cm³/mol. The maximum atomic E-state index is 5.60. The van der Waals surface area contributed by atoms with Crippen molar-refractivity contribution in [1.29, 1.82) is 0 Å². The molecule has 0 aromatic carbocycles. The van der Waals surface area contributed by atoms with Crippen LogP contribution in [0.2, 0.25) is 0 Å². The molecule has 0 aliphatic rings. The van der Waals surface area contributed by atoms with Crippen molar-refractivity contribution in [2.45, 2.75) is 52.1 Å². The Kier molecular flexibility index (Phi) is 8.73. The minimum atomic E-state index is -0.0319. The fourth-order valence-corrected chi connectivity index (χ4v) is 1.55. The number of ether oxygens (including phenoxy) is 1. The standard InChI is InChI=1S/C13H27NO/c1-5-7-8-9-10-11-14-12-13(3,4)15-6-2/h5,14H,1,6-12H2,2-4H3. The van der Waals surface area contributed by atoms with Gasteiger partial charge in [0.05, 0.1) is 5.60 Å². The molecule has 0 saturated heterocycles. The summed E-state index contributed by atoms with van der Waals surface area (Å²) in [6.45, 7) is 12.8. The average molecular weight is 213 g/mol. The molecule has 0 unspecified atom stereocenters. The number of rotatable bonds is 10. The van der Waals surface area contributed by atoms with E-state index in [1.54, 1.807) is 0 Å². The van der Waals surface area contributed by atoms with Crippen molar-refractivity contribution >= 4 is 0 Å². The smallest absolute Gasteiger partial charge is 0.0750 e. The van der Waals surface area contributed by atoms with Crippen LogP contribution in [0.4, 0.5) is 0 Å². The molecule has 0 amide bonds. The van der Waals surface area contributed by atoms with Crippen molar-refractivity contribution < 1.29 is 4.74 Å².